The van der Waals surface area contributed by atoms with Crippen LogP contribution in [0.15, 0.2) is 36.7 Å². The molecular weight excluding hydrogens is 340 g/mol. The summed E-state index contributed by atoms with van der Waals surface area (Å²) in [7, 11) is 2.27. The van der Waals surface area contributed by atoms with Crippen LogP contribution in [0, 0.1) is 0 Å². The summed E-state index contributed by atoms with van der Waals surface area (Å²) in [5.74, 6) is 1.08. The number of quaternary nitrogens is 1. The molecule has 0 bridgehead atoms. The molecule has 0 radical (unpaired) electrons. The number of halogens is 1. The van der Waals surface area contributed by atoms with E-state index in [1.54, 1.807) is 22.6 Å². The number of hydrogen-bond donors (Lipinski definition) is 1. The van der Waals surface area contributed by atoms with Crippen LogP contribution < -0.4 is 9.80 Å². The molecule has 1 aliphatic rings. The molecule has 0 spiro atoms. The van der Waals surface area contributed by atoms with Crippen molar-refractivity contribution >= 4 is 39.0 Å². The Bertz CT molecular complexity index is 846. The lowest BCUT2D eigenvalue weighted by molar-refractivity contribution is -0.876. The summed E-state index contributed by atoms with van der Waals surface area (Å²) in [6.45, 7) is 4.50. The molecule has 1 unspecified atom stereocenters. The minimum Gasteiger partial charge on any atom is -0.349 e. The van der Waals surface area contributed by atoms with Crippen LogP contribution in [0.5, 0.6) is 0 Å². The lowest BCUT2D eigenvalue weighted by Crippen LogP contribution is -3.09. The lowest BCUT2D eigenvalue weighted by Gasteiger charge is -2.20. The van der Waals surface area contributed by atoms with Crippen LogP contribution in [-0.4, -0.2) is 43.2 Å². The fourth-order valence-corrected chi connectivity index (χ4v) is 4.43. The highest BCUT2D eigenvalue weighted by Gasteiger charge is 2.19. The molecule has 0 amide bonds. The highest BCUT2D eigenvalue weighted by molar-refractivity contribution is 7.22. The molecule has 1 saturated heterocycles. The van der Waals surface area contributed by atoms with Crippen LogP contribution in [0.1, 0.15) is 6.42 Å². The van der Waals surface area contributed by atoms with Gasteiger partial charge in [0.25, 0.3) is 0 Å². The second-order valence-electron chi connectivity index (χ2n) is 6.33. The van der Waals surface area contributed by atoms with Crippen molar-refractivity contribution in [3.63, 3.8) is 0 Å². The molecule has 1 fully saturated rings. The normalized spacial score (nSPS) is 18.8. The number of nitrogens with one attached hydrogen (secondary N) is 1. The zero-order chi connectivity index (χ0) is 16.5. The van der Waals surface area contributed by atoms with E-state index >= 15 is 0 Å². The van der Waals surface area contributed by atoms with Gasteiger partial charge in [0.15, 0.2) is 0 Å². The molecule has 1 aromatic carbocycles. The lowest BCUT2D eigenvalue weighted by atomic mass is 10.2. The molecule has 24 heavy (non-hydrogen) atoms. The van der Waals surface area contributed by atoms with Gasteiger partial charge in [-0.2, -0.15) is 0 Å². The molecule has 6 heteroatoms. The first-order valence-electron chi connectivity index (χ1n) is 8.27. The van der Waals surface area contributed by atoms with Crippen molar-refractivity contribution in [2.24, 2.45) is 0 Å². The van der Waals surface area contributed by atoms with Crippen molar-refractivity contribution in [3.8, 4) is 10.4 Å². The van der Waals surface area contributed by atoms with Gasteiger partial charge in [-0.3, -0.25) is 0 Å². The SMILES string of the molecule is C[NH+]1CCCN(c2ncnc3cc(-c4ccc(Cl)cc4)sc23)CC1. The third kappa shape index (κ3) is 3.11. The van der Waals surface area contributed by atoms with Crippen LogP contribution in [0.3, 0.4) is 0 Å². The summed E-state index contributed by atoms with van der Waals surface area (Å²) in [5.41, 5.74) is 2.20. The second kappa shape index (κ2) is 6.67. The summed E-state index contributed by atoms with van der Waals surface area (Å²) in [6, 6.07) is 10.1. The summed E-state index contributed by atoms with van der Waals surface area (Å²) in [4.78, 5) is 14.3. The summed E-state index contributed by atoms with van der Waals surface area (Å²) in [5, 5.41) is 0.761. The fourth-order valence-electron chi connectivity index (χ4n) is 3.17. The van der Waals surface area contributed by atoms with Gasteiger partial charge in [-0.1, -0.05) is 23.7 Å². The topological polar surface area (TPSA) is 33.5 Å². The Kier molecular flexibility index (Phi) is 4.39. The molecular formula is C18H20ClN4S+. The second-order valence-corrected chi connectivity index (χ2v) is 7.82. The number of hydrogen-bond acceptors (Lipinski definition) is 4. The number of anilines is 1. The number of fused-ring (bicyclic) bond motifs is 1. The quantitative estimate of drug-likeness (QED) is 0.763. The summed E-state index contributed by atoms with van der Waals surface area (Å²) in [6.07, 6.45) is 2.89. The third-order valence-corrected chi connectivity index (χ3v) is 5.98. The Hall–Kier alpha value is -1.69. The average molecular weight is 360 g/mol. The van der Waals surface area contributed by atoms with Gasteiger partial charge in [0, 0.05) is 22.9 Å². The molecule has 4 rings (SSSR count). The van der Waals surface area contributed by atoms with Crippen LogP contribution in [-0.2, 0) is 0 Å². The van der Waals surface area contributed by atoms with Crippen molar-refractivity contribution in [2.45, 2.75) is 6.42 Å². The van der Waals surface area contributed by atoms with Gasteiger partial charge in [-0.05, 0) is 23.8 Å². The zero-order valence-corrected chi connectivity index (χ0v) is 15.2. The van der Waals surface area contributed by atoms with E-state index in [4.69, 9.17) is 11.6 Å². The van der Waals surface area contributed by atoms with Crippen LogP contribution >= 0.6 is 22.9 Å². The van der Waals surface area contributed by atoms with Crippen LogP contribution in [0.4, 0.5) is 5.82 Å². The number of rotatable bonds is 2. The van der Waals surface area contributed by atoms with Gasteiger partial charge in [-0.15, -0.1) is 11.3 Å². The molecule has 3 heterocycles. The number of likely N-dealkylation sites (N-methyl/N-ethyl adjacent to an activating group) is 1. The minimum atomic E-state index is 0.761. The van der Waals surface area contributed by atoms with Crippen molar-refractivity contribution in [3.05, 3.63) is 41.7 Å². The third-order valence-electron chi connectivity index (χ3n) is 4.56. The van der Waals surface area contributed by atoms with Gasteiger partial charge < -0.3 is 9.80 Å². The zero-order valence-electron chi connectivity index (χ0n) is 13.6. The van der Waals surface area contributed by atoms with E-state index in [2.05, 4.69) is 40.1 Å². The van der Waals surface area contributed by atoms with Crippen molar-refractivity contribution in [1.29, 1.82) is 0 Å². The number of nitrogens with zero attached hydrogens (tertiary/aromatic N) is 3. The Morgan fingerprint density at radius 1 is 1.12 bits per heavy atom. The van der Waals surface area contributed by atoms with E-state index in [0.29, 0.717) is 0 Å². The smallest absolute Gasteiger partial charge is 0.150 e. The Morgan fingerprint density at radius 3 is 2.79 bits per heavy atom. The number of aromatic nitrogens is 2. The molecule has 124 valence electrons. The van der Waals surface area contributed by atoms with Crippen LogP contribution in [0.2, 0.25) is 5.02 Å². The Labute approximate surface area is 150 Å². The van der Waals surface area contributed by atoms with E-state index in [1.807, 2.05) is 12.1 Å². The van der Waals surface area contributed by atoms with Crippen molar-refractivity contribution < 1.29 is 4.90 Å². The van der Waals surface area contributed by atoms with Gasteiger partial charge in [0.2, 0.25) is 0 Å². The van der Waals surface area contributed by atoms with Gasteiger partial charge >= 0.3 is 0 Å². The van der Waals surface area contributed by atoms with Gasteiger partial charge in [0.1, 0.15) is 12.1 Å². The molecule has 1 N–H and O–H groups in total. The first-order valence-corrected chi connectivity index (χ1v) is 9.47. The minimum absolute atomic E-state index is 0.761. The largest absolute Gasteiger partial charge is 0.349 e. The molecule has 1 atom stereocenters. The molecule has 4 nitrogen and oxygen atoms in total. The highest BCUT2D eigenvalue weighted by atomic mass is 35.5. The first kappa shape index (κ1) is 15.8. The van der Waals surface area contributed by atoms with Crippen molar-refractivity contribution in [1.82, 2.24) is 9.97 Å². The maximum atomic E-state index is 6.00. The number of thiophene rings is 1. The van der Waals surface area contributed by atoms with Gasteiger partial charge in [-0.25, -0.2) is 9.97 Å². The number of benzene rings is 1. The molecule has 2 aromatic heterocycles. The Morgan fingerprint density at radius 2 is 1.96 bits per heavy atom. The predicted molar refractivity (Wildman–Crippen MR) is 101 cm³/mol. The summed E-state index contributed by atoms with van der Waals surface area (Å²) < 4.78 is 1.18. The Balaban J connectivity index is 1.73. The maximum absolute atomic E-state index is 6.00. The van der Waals surface area contributed by atoms with Crippen LogP contribution in [0.25, 0.3) is 20.7 Å². The van der Waals surface area contributed by atoms with E-state index < -0.39 is 0 Å². The highest BCUT2D eigenvalue weighted by Crippen LogP contribution is 2.37. The maximum Gasteiger partial charge on any atom is 0.150 e. The molecule has 0 saturated carbocycles. The monoisotopic (exact) mass is 359 g/mol. The standard InChI is InChI=1S/C18H19ClN4S/c1-22-7-2-8-23(10-9-22)18-17-15(20-12-21-18)11-16(24-17)13-3-5-14(19)6-4-13/h3-6,11-12H,2,7-10H2,1H3/p+1. The van der Waals surface area contributed by atoms with E-state index in [1.165, 1.54) is 28.1 Å². The van der Waals surface area contributed by atoms with Crippen molar-refractivity contribution in [2.75, 3.05) is 38.1 Å². The first-order chi connectivity index (χ1) is 11.7. The van der Waals surface area contributed by atoms with E-state index in [-0.39, 0.29) is 0 Å². The molecule has 3 aromatic rings. The predicted octanol–water partition coefficient (Wildman–Crippen LogP) is 2.74. The molecule has 1 aliphatic heterocycles. The van der Waals surface area contributed by atoms with E-state index in [0.717, 1.165) is 36.0 Å². The average Bonchev–Trinajstić information content (AvgIpc) is 2.91. The molecule has 0 aliphatic carbocycles. The van der Waals surface area contributed by atoms with Gasteiger partial charge in [0.05, 0.1) is 36.9 Å². The summed E-state index contributed by atoms with van der Waals surface area (Å²) >= 11 is 7.77. The van der Waals surface area contributed by atoms with E-state index in [9.17, 15) is 0 Å². The fraction of sp³-hybridized carbons (Fsp3) is 0.333.